The minimum absolute atomic E-state index is 0.329. The fourth-order valence-corrected chi connectivity index (χ4v) is 7.86. The molecule has 5 heteroatoms. The zero-order chi connectivity index (χ0) is 10.3. The van der Waals surface area contributed by atoms with E-state index in [0.717, 1.165) is 0 Å². The van der Waals surface area contributed by atoms with E-state index in [9.17, 15) is 4.57 Å². The standard InChI is InChI=1S/C8H17O2PS2/c1-5-7-12-11(9,10-6-2)13-8(3)4/h5,7-8H,6H2,1-4H3. The molecule has 0 amide bonds. The van der Waals surface area contributed by atoms with Crippen LogP contribution >= 0.6 is 28.5 Å². The Morgan fingerprint density at radius 2 is 2.15 bits per heavy atom. The predicted molar refractivity (Wildman–Crippen MR) is 64.4 cm³/mol. The van der Waals surface area contributed by atoms with Crippen molar-refractivity contribution in [2.45, 2.75) is 32.9 Å². The molecule has 0 fully saturated rings. The van der Waals surface area contributed by atoms with Crippen molar-refractivity contribution in [1.29, 1.82) is 0 Å². The quantitative estimate of drug-likeness (QED) is 0.637. The average Bonchev–Trinajstić information content (AvgIpc) is 2.00. The molecule has 0 aliphatic heterocycles. The third-order valence-electron chi connectivity index (χ3n) is 0.953. The van der Waals surface area contributed by atoms with E-state index in [0.29, 0.717) is 11.9 Å². The van der Waals surface area contributed by atoms with Crippen LogP contribution in [0.25, 0.3) is 0 Å². The fourth-order valence-electron chi connectivity index (χ4n) is 0.637. The molecule has 78 valence electrons. The summed E-state index contributed by atoms with van der Waals surface area (Å²) in [4.78, 5) is 0. The van der Waals surface area contributed by atoms with Crippen LogP contribution in [0.2, 0.25) is 0 Å². The number of allylic oxidation sites excluding steroid dienone is 1. The van der Waals surface area contributed by atoms with E-state index < -0.39 is 5.77 Å². The van der Waals surface area contributed by atoms with E-state index in [2.05, 4.69) is 0 Å². The van der Waals surface area contributed by atoms with Gasteiger partial charge in [-0.1, -0.05) is 31.3 Å². The molecule has 0 spiro atoms. The highest BCUT2D eigenvalue weighted by molar-refractivity contribution is 8.90. The molecule has 1 atom stereocenters. The molecule has 0 N–H and O–H groups in total. The topological polar surface area (TPSA) is 26.3 Å². The van der Waals surface area contributed by atoms with Gasteiger partial charge in [-0.3, -0.25) is 4.57 Å². The Labute approximate surface area is 88.8 Å². The van der Waals surface area contributed by atoms with E-state index in [1.807, 2.05) is 39.2 Å². The summed E-state index contributed by atoms with van der Waals surface area (Å²) in [6.07, 6.45) is 1.87. The molecule has 0 aliphatic rings. The molecule has 0 rings (SSSR count). The largest absolute Gasteiger partial charge is 0.317 e. The van der Waals surface area contributed by atoms with Gasteiger partial charge >= 0.3 is 5.77 Å². The van der Waals surface area contributed by atoms with Crippen molar-refractivity contribution >= 4 is 28.5 Å². The molecule has 2 nitrogen and oxygen atoms in total. The SMILES string of the molecule is CC=CSP(=O)(OCC)SC(C)C. The Hall–Kier alpha value is 0.630. The molecule has 0 aromatic carbocycles. The maximum absolute atomic E-state index is 12.0. The van der Waals surface area contributed by atoms with Crippen LogP contribution in [0, 0.1) is 0 Å². The number of hydrogen-bond acceptors (Lipinski definition) is 4. The lowest BCUT2D eigenvalue weighted by Crippen LogP contribution is -1.88. The summed E-state index contributed by atoms with van der Waals surface area (Å²) in [5.41, 5.74) is 0. The van der Waals surface area contributed by atoms with Gasteiger partial charge < -0.3 is 4.52 Å². The van der Waals surface area contributed by atoms with Gasteiger partial charge in [0.05, 0.1) is 6.61 Å². The van der Waals surface area contributed by atoms with E-state index in [1.165, 1.54) is 22.8 Å². The molecule has 0 bridgehead atoms. The van der Waals surface area contributed by atoms with E-state index in [1.54, 1.807) is 0 Å². The van der Waals surface area contributed by atoms with Crippen LogP contribution in [0.3, 0.4) is 0 Å². The summed E-state index contributed by atoms with van der Waals surface area (Å²) in [5.74, 6) is -2.55. The summed E-state index contributed by atoms with van der Waals surface area (Å²) < 4.78 is 17.3. The molecular formula is C8H17O2PS2. The highest BCUT2D eigenvalue weighted by Crippen LogP contribution is 2.71. The molecule has 13 heavy (non-hydrogen) atoms. The van der Waals surface area contributed by atoms with Gasteiger partial charge in [-0.15, -0.1) is 0 Å². The first-order valence-corrected chi connectivity index (χ1v) is 8.86. The molecule has 0 saturated carbocycles. The molecule has 0 radical (unpaired) electrons. The van der Waals surface area contributed by atoms with Crippen LogP contribution < -0.4 is 0 Å². The van der Waals surface area contributed by atoms with E-state index in [-0.39, 0.29) is 0 Å². The highest BCUT2D eigenvalue weighted by Gasteiger charge is 2.24. The second kappa shape index (κ2) is 6.99. The monoisotopic (exact) mass is 240 g/mol. The normalized spacial score (nSPS) is 16.7. The van der Waals surface area contributed by atoms with E-state index >= 15 is 0 Å². The van der Waals surface area contributed by atoms with Crippen molar-refractivity contribution in [2.24, 2.45) is 0 Å². The lowest BCUT2D eigenvalue weighted by Gasteiger charge is -2.15. The predicted octanol–water partition coefficient (Wildman–Crippen LogP) is 4.54. The smallest absolute Gasteiger partial charge is 0.314 e. The van der Waals surface area contributed by atoms with Crippen molar-refractivity contribution in [1.82, 2.24) is 0 Å². The second-order valence-electron chi connectivity index (χ2n) is 2.59. The Balaban J connectivity index is 4.24. The van der Waals surface area contributed by atoms with Gasteiger partial charge in [0.1, 0.15) is 0 Å². The molecule has 1 unspecified atom stereocenters. The third kappa shape index (κ3) is 6.67. The van der Waals surface area contributed by atoms with Gasteiger partial charge in [0.2, 0.25) is 0 Å². The summed E-state index contributed by atoms with van der Waals surface area (Å²) in [6, 6.07) is 0. The van der Waals surface area contributed by atoms with Crippen molar-refractivity contribution in [3.8, 4) is 0 Å². The maximum atomic E-state index is 12.0. The van der Waals surface area contributed by atoms with Gasteiger partial charge in [-0.05, 0) is 30.6 Å². The Morgan fingerprint density at radius 1 is 1.54 bits per heavy atom. The molecule has 0 saturated heterocycles. The first-order valence-electron chi connectivity index (χ1n) is 4.26. The van der Waals surface area contributed by atoms with Gasteiger partial charge in [-0.25, -0.2) is 0 Å². The van der Waals surface area contributed by atoms with Crippen LogP contribution in [-0.4, -0.2) is 11.9 Å². The van der Waals surface area contributed by atoms with Crippen molar-refractivity contribution < 1.29 is 9.09 Å². The van der Waals surface area contributed by atoms with Crippen LogP contribution in [0.15, 0.2) is 11.5 Å². The van der Waals surface area contributed by atoms with Crippen molar-refractivity contribution in [2.75, 3.05) is 6.61 Å². The molecule has 0 aliphatic carbocycles. The molecular weight excluding hydrogens is 223 g/mol. The number of rotatable bonds is 6. The van der Waals surface area contributed by atoms with Crippen LogP contribution in [0.1, 0.15) is 27.7 Å². The van der Waals surface area contributed by atoms with Crippen LogP contribution in [0.5, 0.6) is 0 Å². The van der Waals surface area contributed by atoms with Gasteiger partial charge in [0, 0.05) is 5.25 Å². The summed E-state index contributed by atoms with van der Waals surface area (Å²) >= 11 is 2.70. The highest BCUT2D eigenvalue weighted by atomic mass is 33.1. The number of hydrogen-bond donors (Lipinski definition) is 0. The lowest BCUT2D eigenvalue weighted by atomic mass is 10.6. The minimum Gasteiger partial charge on any atom is -0.314 e. The Kier molecular flexibility index (Phi) is 7.33. The maximum Gasteiger partial charge on any atom is 0.317 e. The minimum atomic E-state index is -2.55. The first kappa shape index (κ1) is 13.6. The zero-order valence-electron chi connectivity index (χ0n) is 8.52. The van der Waals surface area contributed by atoms with Gasteiger partial charge in [0.25, 0.3) is 0 Å². The Bertz CT molecular complexity index is 204. The summed E-state index contributed by atoms with van der Waals surface area (Å²) in [7, 11) is 0. The van der Waals surface area contributed by atoms with Crippen LogP contribution in [0.4, 0.5) is 0 Å². The lowest BCUT2D eigenvalue weighted by molar-refractivity contribution is 0.357. The van der Waals surface area contributed by atoms with Crippen molar-refractivity contribution in [3.63, 3.8) is 0 Å². The first-order chi connectivity index (χ1) is 6.04. The van der Waals surface area contributed by atoms with Crippen molar-refractivity contribution in [3.05, 3.63) is 11.5 Å². The second-order valence-corrected chi connectivity index (χ2v) is 10.2. The molecule has 0 heterocycles. The summed E-state index contributed by atoms with van der Waals surface area (Å²) in [5, 5.41) is 2.15. The summed E-state index contributed by atoms with van der Waals surface area (Å²) in [6.45, 7) is 8.31. The fraction of sp³-hybridized carbons (Fsp3) is 0.750. The van der Waals surface area contributed by atoms with Gasteiger partial charge in [-0.2, -0.15) is 0 Å². The van der Waals surface area contributed by atoms with Gasteiger partial charge in [0.15, 0.2) is 0 Å². The Morgan fingerprint density at radius 3 is 2.54 bits per heavy atom. The third-order valence-corrected chi connectivity index (χ3v) is 8.22. The van der Waals surface area contributed by atoms with Crippen LogP contribution in [-0.2, 0) is 9.09 Å². The molecule has 0 aromatic heterocycles. The van der Waals surface area contributed by atoms with E-state index in [4.69, 9.17) is 4.52 Å². The molecule has 0 aromatic rings. The zero-order valence-corrected chi connectivity index (χ0v) is 11.0. The average molecular weight is 240 g/mol.